The number of ether oxygens (including phenoxy) is 2. The Bertz CT molecular complexity index is 959. The second-order valence-electron chi connectivity index (χ2n) is 6.91. The van der Waals surface area contributed by atoms with E-state index in [9.17, 15) is 14.0 Å². The predicted molar refractivity (Wildman–Crippen MR) is 111 cm³/mol. The number of aryl methyl sites for hydroxylation is 1. The van der Waals surface area contributed by atoms with Gasteiger partial charge in [-0.1, -0.05) is 38.6 Å². The SMILES string of the molecule is C=C(C)C(=O)Oc1ccc(-c2ccc(OC(=O)C(=C)C)c(CCCC)c2)cc1F. The second kappa shape index (κ2) is 9.82. The Labute approximate surface area is 170 Å². The standard InChI is InChI=1S/C24H25FO4/c1-6-7-8-19-13-17(9-11-21(19)28-23(26)15(2)3)18-10-12-22(20(25)14-18)29-24(27)16(4)5/h9-14H,2,4,6-8H2,1,3,5H3. The number of carbonyl (C=O) groups excluding carboxylic acids is 2. The number of esters is 2. The van der Waals surface area contributed by atoms with Gasteiger partial charge in [-0.25, -0.2) is 14.0 Å². The molecule has 0 saturated carbocycles. The highest BCUT2D eigenvalue weighted by molar-refractivity contribution is 5.89. The molecule has 0 N–H and O–H groups in total. The van der Waals surface area contributed by atoms with E-state index in [1.807, 2.05) is 6.07 Å². The number of carbonyl (C=O) groups is 2. The number of hydrogen-bond acceptors (Lipinski definition) is 4. The van der Waals surface area contributed by atoms with E-state index in [4.69, 9.17) is 9.47 Å². The Morgan fingerprint density at radius 3 is 1.93 bits per heavy atom. The number of unbranched alkanes of at least 4 members (excludes halogenated alkanes) is 1. The Balaban J connectivity index is 2.35. The molecule has 29 heavy (non-hydrogen) atoms. The fourth-order valence-electron chi connectivity index (χ4n) is 2.56. The normalized spacial score (nSPS) is 10.3. The lowest BCUT2D eigenvalue weighted by atomic mass is 9.99. The molecule has 0 atom stereocenters. The van der Waals surface area contributed by atoms with Crippen molar-refractivity contribution in [2.75, 3.05) is 0 Å². The van der Waals surface area contributed by atoms with Crippen LogP contribution >= 0.6 is 0 Å². The highest BCUT2D eigenvalue weighted by Crippen LogP contribution is 2.31. The molecule has 0 radical (unpaired) electrons. The average molecular weight is 396 g/mol. The number of hydrogen-bond donors (Lipinski definition) is 0. The van der Waals surface area contributed by atoms with Crippen LogP contribution in [0.15, 0.2) is 60.7 Å². The van der Waals surface area contributed by atoms with Crippen LogP contribution in [0.4, 0.5) is 4.39 Å². The molecular weight excluding hydrogens is 371 g/mol. The first kappa shape index (κ1) is 22.1. The first-order valence-corrected chi connectivity index (χ1v) is 9.41. The minimum Gasteiger partial charge on any atom is -0.423 e. The molecule has 152 valence electrons. The molecule has 0 spiro atoms. The molecule has 2 aromatic carbocycles. The van der Waals surface area contributed by atoms with E-state index in [0.717, 1.165) is 30.4 Å². The van der Waals surface area contributed by atoms with Crippen LogP contribution in [0, 0.1) is 5.82 Å². The third-order valence-corrected chi connectivity index (χ3v) is 4.23. The maximum Gasteiger partial charge on any atom is 0.338 e. The van der Waals surface area contributed by atoms with Crippen molar-refractivity contribution < 1.29 is 23.5 Å². The number of benzene rings is 2. The van der Waals surface area contributed by atoms with E-state index >= 15 is 0 Å². The summed E-state index contributed by atoms with van der Waals surface area (Å²) in [7, 11) is 0. The minimum atomic E-state index is -0.679. The van der Waals surface area contributed by atoms with Gasteiger partial charge in [-0.05, 0) is 67.6 Å². The summed E-state index contributed by atoms with van der Waals surface area (Å²) in [6.07, 6.45) is 2.63. The van der Waals surface area contributed by atoms with Crippen molar-refractivity contribution in [3.05, 3.63) is 72.1 Å². The zero-order chi connectivity index (χ0) is 21.6. The van der Waals surface area contributed by atoms with Crippen LogP contribution in [-0.2, 0) is 16.0 Å². The van der Waals surface area contributed by atoms with E-state index in [-0.39, 0.29) is 11.3 Å². The van der Waals surface area contributed by atoms with E-state index in [1.165, 1.54) is 19.1 Å². The molecule has 0 bridgehead atoms. The molecule has 4 nitrogen and oxygen atoms in total. The van der Waals surface area contributed by atoms with Gasteiger partial charge >= 0.3 is 11.9 Å². The smallest absolute Gasteiger partial charge is 0.338 e. The van der Waals surface area contributed by atoms with Crippen LogP contribution in [0.5, 0.6) is 11.5 Å². The lowest BCUT2D eigenvalue weighted by Gasteiger charge is -2.13. The van der Waals surface area contributed by atoms with Crippen LogP contribution in [0.2, 0.25) is 0 Å². The monoisotopic (exact) mass is 396 g/mol. The van der Waals surface area contributed by atoms with Crippen LogP contribution in [0.3, 0.4) is 0 Å². The molecular formula is C24H25FO4. The fourth-order valence-corrected chi connectivity index (χ4v) is 2.56. The summed E-state index contributed by atoms with van der Waals surface area (Å²) in [5.74, 6) is -1.49. The van der Waals surface area contributed by atoms with Crippen molar-refractivity contribution in [3.8, 4) is 22.6 Å². The van der Waals surface area contributed by atoms with Gasteiger partial charge in [-0.15, -0.1) is 0 Å². The zero-order valence-corrected chi connectivity index (χ0v) is 17.0. The van der Waals surface area contributed by atoms with Crippen LogP contribution in [0.25, 0.3) is 11.1 Å². The van der Waals surface area contributed by atoms with Crippen LogP contribution < -0.4 is 9.47 Å². The molecule has 2 rings (SSSR count). The Hall–Kier alpha value is -3.21. The predicted octanol–water partition coefficient (Wildman–Crippen LogP) is 5.80. The minimum absolute atomic E-state index is 0.153. The van der Waals surface area contributed by atoms with Gasteiger partial charge in [-0.2, -0.15) is 0 Å². The van der Waals surface area contributed by atoms with Gasteiger partial charge in [0.1, 0.15) is 5.75 Å². The summed E-state index contributed by atoms with van der Waals surface area (Å²) in [5, 5.41) is 0. The topological polar surface area (TPSA) is 52.6 Å². The van der Waals surface area contributed by atoms with Gasteiger partial charge in [0, 0.05) is 11.1 Å². The van der Waals surface area contributed by atoms with Gasteiger partial charge in [-0.3, -0.25) is 0 Å². The molecule has 0 aliphatic heterocycles. The summed E-state index contributed by atoms with van der Waals surface area (Å²) in [5.41, 5.74) is 2.75. The molecule has 0 heterocycles. The van der Waals surface area contributed by atoms with Crippen LogP contribution in [0.1, 0.15) is 39.2 Å². The molecule has 0 aliphatic carbocycles. The Morgan fingerprint density at radius 2 is 1.41 bits per heavy atom. The zero-order valence-electron chi connectivity index (χ0n) is 17.0. The molecule has 0 aromatic heterocycles. The first-order valence-electron chi connectivity index (χ1n) is 9.41. The molecule has 0 saturated heterocycles. The Kier molecular flexibility index (Phi) is 7.48. The number of rotatable bonds is 8. The lowest BCUT2D eigenvalue weighted by Crippen LogP contribution is -2.10. The molecule has 0 fully saturated rings. The molecule has 0 aliphatic rings. The van der Waals surface area contributed by atoms with Gasteiger partial charge < -0.3 is 9.47 Å². The molecule has 0 amide bonds. The summed E-state index contributed by atoms with van der Waals surface area (Å²) >= 11 is 0. The van der Waals surface area contributed by atoms with Gasteiger partial charge in [0.15, 0.2) is 11.6 Å². The van der Waals surface area contributed by atoms with Crippen molar-refractivity contribution in [1.82, 2.24) is 0 Å². The second-order valence-corrected chi connectivity index (χ2v) is 6.91. The summed E-state index contributed by atoms with van der Waals surface area (Å²) in [4.78, 5) is 23.5. The third kappa shape index (κ3) is 5.88. The van der Waals surface area contributed by atoms with Crippen LogP contribution in [-0.4, -0.2) is 11.9 Å². The molecule has 0 unspecified atom stereocenters. The third-order valence-electron chi connectivity index (χ3n) is 4.23. The van der Waals surface area contributed by atoms with E-state index in [1.54, 1.807) is 25.1 Å². The summed E-state index contributed by atoms with van der Waals surface area (Å²) in [6.45, 7) is 12.2. The first-order chi connectivity index (χ1) is 13.7. The van der Waals surface area contributed by atoms with Gasteiger partial charge in [0.05, 0.1) is 0 Å². The molecule has 2 aromatic rings. The number of halogens is 1. The maximum atomic E-state index is 14.4. The van der Waals surface area contributed by atoms with Crippen molar-refractivity contribution in [2.24, 2.45) is 0 Å². The largest absolute Gasteiger partial charge is 0.423 e. The van der Waals surface area contributed by atoms with E-state index in [2.05, 4.69) is 20.1 Å². The van der Waals surface area contributed by atoms with Crippen molar-refractivity contribution in [2.45, 2.75) is 40.0 Å². The van der Waals surface area contributed by atoms with Gasteiger partial charge in [0.2, 0.25) is 0 Å². The van der Waals surface area contributed by atoms with E-state index in [0.29, 0.717) is 16.9 Å². The maximum absolute atomic E-state index is 14.4. The van der Waals surface area contributed by atoms with Crippen molar-refractivity contribution in [1.29, 1.82) is 0 Å². The fraction of sp³-hybridized carbons (Fsp3) is 0.250. The quantitative estimate of drug-likeness (QED) is 0.322. The highest BCUT2D eigenvalue weighted by atomic mass is 19.1. The van der Waals surface area contributed by atoms with E-state index < -0.39 is 17.8 Å². The molecule has 5 heteroatoms. The average Bonchev–Trinajstić information content (AvgIpc) is 2.68. The Morgan fingerprint density at radius 1 is 0.897 bits per heavy atom. The summed E-state index contributed by atoms with van der Waals surface area (Å²) < 4.78 is 24.8. The highest BCUT2D eigenvalue weighted by Gasteiger charge is 2.14. The lowest BCUT2D eigenvalue weighted by molar-refractivity contribution is -0.131. The van der Waals surface area contributed by atoms with Crippen molar-refractivity contribution >= 4 is 11.9 Å². The van der Waals surface area contributed by atoms with Gasteiger partial charge in [0.25, 0.3) is 0 Å². The summed E-state index contributed by atoms with van der Waals surface area (Å²) in [6, 6.07) is 9.72. The van der Waals surface area contributed by atoms with Crippen molar-refractivity contribution in [3.63, 3.8) is 0 Å².